The van der Waals surface area contributed by atoms with E-state index in [0.717, 1.165) is 18.9 Å². The van der Waals surface area contributed by atoms with Crippen LogP contribution in [0.1, 0.15) is 19.3 Å². The zero-order valence-electron chi connectivity index (χ0n) is 11.7. The normalized spacial score (nSPS) is 14.7. The summed E-state index contributed by atoms with van der Waals surface area (Å²) in [6.07, 6.45) is 12.0. The minimum atomic E-state index is 1.06. The van der Waals surface area contributed by atoms with Gasteiger partial charge in [-0.15, -0.1) is 0 Å². The summed E-state index contributed by atoms with van der Waals surface area (Å²) in [5.74, 6) is 1.07. The maximum atomic E-state index is 4.06. The van der Waals surface area contributed by atoms with Crippen LogP contribution in [0.15, 0.2) is 37.2 Å². The van der Waals surface area contributed by atoms with Crippen molar-refractivity contribution in [3.63, 3.8) is 0 Å². The van der Waals surface area contributed by atoms with E-state index in [1.54, 1.807) is 0 Å². The Morgan fingerprint density at radius 2 is 1.79 bits per heavy atom. The van der Waals surface area contributed by atoms with E-state index in [1.807, 2.05) is 7.05 Å². The molecule has 0 radical (unpaired) electrons. The van der Waals surface area contributed by atoms with E-state index in [1.165, 1.54) is 23.6 Å². The van der Waals surface area contributed by atoms with Crippen molar-refractivity contribution in [3.8, 4) is 0 Å². The molecule has 2 heterocycles. The summed E-state index contributed by atoms with van der Waals surface area (Å²) >= 11 is 3.11. The SMILES string of the molecule is C=C1N(C)C=CN1CCCCCn1ccn(C)c1=[Se]. The van der Waals surface area contributed by atoms with Crippen LogP contribution >= 0.6 is 0 Å². The molecule has 1 aliphatic heterocycles. The summed E-state index contributed by atoms with van der Waals surface area (Å²) in [5.41, 5.74) is 0. The van der Waals surface area contributed by atoms with Crippen LogP contribution in [0.4, 0.5) is 0 Å². The summed E-state index contributed by atoms with van der Waals surface area (Å²) < 4.78 is 5.56. The van der Waals surface area contributed by atoms with Crippen molar-refractivity contribution in [2.75, 3.05) is 13.6 Å². The Bertz CT molecular complexity index is 526. The van der Waals surface area contributed by atoms with Crippen LogP contribution < -0.4 is 0 Å². The Morgan fingerprint density at radius 3 is 2.37 bits per heavy atom. The first kappa shape index (κ1) is 14.2. The topological polar surface area (TPSA) is 16.3 Å². The van der Waals surface area contributed by atoms with Gasteiger partial charge in [0.15, 0.2) is 0 Å². The van der Waals surface area contributed by atoms with Crippen molar-refractivity contribution in [2.24, 2.45) is 7.05 Å². The van der Waals surface area contributed by atoms with Gasteiger partial charge < -0.3 is 0 Å². The third kappa shape index (κ3) is 3.42. The second-order valence-electron chi connectivity index (χ2n) is 4.96. The van der Waals surface area contributed by atoms with Crippen LogP contribution in [0.3, 0.4) is 0 Å². The van der Waals surface area contributed by atoms with Gasteiger partial charge in [-0.1, -0.05) is 0 Å². The molecular formula is C14H22N4Se. The molecule has 0 saturated heterocycles. The van der Waals surface area contributed by atoms with Crippen molar-refractivity contribution >= 4 is 15.6 Å². The second-order valence-corrected chi connectivity index (χ2v) is 5.73. The summed E-state index contributed by atoms with van der Waals surface area (Å²) in [5, 5.41) is 0. The molecule has 5 heteroatoms. The van der Waals surface area contributed by atoms with Gasteiger partial charge in [0.2, 0.25) is 0 Å². The number of aryl methyl sites for hydroxylation is 2. The molecule has 1 aromatic rings. The number of aromatic nitrogens is 2. The molecule has 0 fully saturated rings. The van der Waals surface area contributed by atoms with Crippen molar-refractivity contribution < 1.29 is 0 Å². The average Bonchev–Trinajstić information content (AvgIpc) is 2.88. The first-order chi connectivity index (χ1) is 9.09. The van der Waals surface area contributed by atoms with Gasteiger partial charge >= 0.3 is 122 Å². The van der Waals surface area contributed by atoms with Crippen molar-refractivity contribution in [1.29, 1.82) is 0 Å². The molecule has 2 rings (SSSR count). The third-order valence-corrected chi connectivity index (χ3v) is 4.62. The van der Waals surface area contributed by atoms with E-state index in [4.69, 9.17) is 0 Å². The molecule has 0 amide bonds. The van der Waals surface area contributed by atoms with Crippen LogP contribution in [-0.4, -0.2) is 48.1 Å². The minimum absolute atomic E-state index is 1.06. The first-order valence-corrected chi connectivity index (χ1v) is 7.53. The van der Waals surface area contributed by atoms with Crippen molar-refractivity contribution in [2.45, 2.75) is 25.8 Å². The van der Waals surface area contributed by atoms with E-state index in [9.17, 15) is 0 Å². The Balaban J connectivity index is 1.65. The maximum absolute atomic E-state index is 4.06. The zero-order chi connectivity index (χ0) is 13.8. The van der Waals surface area contributed by atoms with Gasteiger partial charge in [-0.25, -0.2) is 0 Å². The van der Waals surface area contributed by atoms with Gasteiger partial charge in [0, 0.05) is 0 Å². The molecule has 0 aliphatic carbocycles. The van der Waals surface area contributed by atoms with E-state index in [-0.39, 0.29) is 0 Å². The Hall–Kier alpha value is -1.19. The quantitative estimate of drug-likeness (QED) is 0.587. The zero-order valence-corrected chi connectivity index (χ0v) is 13.5. The second kappa shape index (κ2) is 6.31. The number of nitrogens with zero attached hydrogens (tertiary/aromatic N) is 4. The van der Waals surface area contributed by atoms with Crippen LogP contribution in [0.2, 0.25) is 0 Å². The molecule has 0 aromatic carbocycles. The number of hydrogen-bond donors (Lipinski definition) is 0. The van der Waals surface area contributed by atoms with E-state index in [2.05, 4.69) is 72.9 Å². The predicted octanol–water partition coefficient (Wildman–Crippen LogP) is 1.89. The van der Waals surface area contributed by atoms with Crippen molar-refractivity contribution in [3.05, 3.63) is 41.5 Å². The van der Waals surface area contributed by atoms with Crippen LogP contribution in [-0.2, 0) is 13.6 Å². The first-order valence-electron chi connectivity index (χ1n) is 6.68. The molecule has 19 heavy (non-hydrogen) atoms. The molecule has 104 valence electrons. The number of unbranched alkanes of at least 4 members (excludes halogenated alkanes) is 2. The van der Waals surface area contributed by atoms with E-state index in [0.29, 0.717) is 0 Å². The van der Waals surface area contributed by atoms with E-state index < -0.39 is 0 Å². The number of imidazole rings is 1. The molecule has 0 N–H and O–H groups in total. The monoisotopic (exact) mass is 326 g/mol. The summed E-state index contributed by atoms with van der Waals surface area (Å²) in [7, 11) is 4.09. The summed E-state index contributed by atoms with van der Waals surface area (Å²) in [6, 6.07) is 0. The molecule has 1 aliphatic rings. The van der Waals surface area contributed by atoms with Gasteiger partial charge in [-0.05, 0) is 0 Å². The number of hydrogen-bond acceptors (Lipinski definition) is 2. The van der Waals surface area contributed by atoms with Gasteiger partial charge in [0.05, 0.1) is 0 Å². The summed E-state index contributed by atoms with van der Waals surface area (Å²) in [6.45, 7) is 6.20. The third-order valence-electron chi connectivity index (χ3n) is 3.52. The Labute approximate surface area is 123 Å². The van der Waals surface area contributed by atoms with Crippen LogP contribution in [0.5, 0.6) is 0 Å². The van der Waals surface area contributed by atoms with Crippen LogP contribution in [0.25, 0.3) is 0 Å². The van der Waals surface area contributed by atoms with Gasteiger partial charge in [-0.3, -0.25) is 0 Å². The molecule has 0 bridgehead atoms. The van der Waals surface area contributed by atoms with Crippen LogP contribution in [0, 0.1) is 4.32 Å². The fourth-order valence-electron chi connectivity index (χ4n) is 2.18. The average molecular weight is 325 g/mol. The fourth-order valence-corrected chi connectivity index (χ4v) is 2.63. The molecule has 4 nitrogen and oxygen atoms in total. The molecule has 0 saturated carbocycles. The molecule has 0 unspecified atom stereocenters. The number of rotatable bonds is 6. The summed E-state index contributed by atoms with van der Waals surface area (Å²) in [4.78, 5) is 4.27. The van der Waals surface area contributed by atoms with Gasteiger partial charge in [0.25, 0.3) is 0 Å². The standard InChI is InChI=1S/C14H22N4Se/c1-13-15(2)9-11-17(13)7-5-4-6-8-18-12-10-16(3)14(18)19/h9-12H,1,4-8H2,2-3H3. The van der Waals surface area contributed by atoms with Crippen molar-refractivity contribution in [1.82, 2.24) is 18.9 Å². The fraction of sp³-hybridized carbons (Fsp3) is 0.500. The molecular weight excluding hydrogens is 303 g/mol. The van der Waals surface area contributed by atoms with E-state index >= 15 is 0 Å². The van der Waals surface area contributed by atoms with Gasteiger partial charge in [-0.2, -0.15) is 0 Å². The predicted molar refractivity (Wildman–Crippen MR) is 79.0 cm³/mol. The molecule has 1 aromatic heterocycles. The molecule has 0 atom stereocenters. The molecule has 0 spiro atoms. The Kier molecular flexibility index (Phi) is 4.72. The van der Waals surface area contributed by atoms with Gasteiger partial charge in [0.1, 0.15) is 0 Å². The Morgan fingerprint density at radius 1 is 1.05 bits per heavy atom.